The first-order valence-electron chi connectivity index (χ1n) is 7.40. The minimum Gasteiger partial charge on any atom is -0.353 e. The normalized spacial score (nSPS) is 21.5. The summed E-state index contributed by atoms with van der Waals surface area (Å²) in [6.45, 7) is 4.71. The van der Waals surface area contributed by atoms with Crippen molar-refractivity contribution in [3.63, 3.8) is 0 Å². The van der Waals surface area contributed by atoms with Gasteiger partial charge < -0.3 is 5.32 Å². The van der Waals surface area contributed by atoms with E-state index < -0.39 is 10.0 Å². The van der Waals surface area contributed by atoms with Crippen molar-refractivity contribution in [3.05, 3.63) is 15.9 Å². The molecule has 2 heterocycles. The van der Waals surface area contributed by atoms with Crippen molar-refractivity contribution < 1.29 is 13.2 Å². The molecule has 5 nitrogen and oxygen atoms in total. The molecule has 1 aromatic heterocycles. The lowest BCUT2D eigenvalue weighted by atomic mass is 9.98. The maximum Gasteiger partial charge on any atom is 0.252 e. The second-order valence-electron chi connectivity index (χ2n) is 5.58. The van der Waals surface area contributed by atoms with Crippen molar-refractivity contribution in [1.82, 2.24) is 9.62 Å². The van der Waals surface area contributed by atoms with Gasteiger partial charge in [-0.25, -0.2) is 8.42 Å². The molecule has 0 aliphatic carbocycles. The molecular weight excluding hydrogens is 388 g/mol. The van der Waals surface area contributed by atoms with Crippen LogP contribution in [0.4, 0.5) is 0 Å². The molecule has 0 aromatic carbocycles. The monoisotopic (exact) mass is 408 g/mol. The molecule has 1 amide bonds. The third kappa shape index (κ3) is 4.10. The number of sulfonamides is 1. The van der Waals surface area contributed by atoms with Crippen LogP contribution < -0.4 is 5.32 Å². The van der Waals surface area contributed by atoms with E-state index in [4.69, 9.17) is 0 Å². The molecule has 2 atom stereocenters. The van der Waals surface area contributed by atoms with Gasteiger partial charge >= 0.3 is 0 Å². The Morgan fingerprint density at radius 2 is 2.27 bits per heavy atom. The van der Waals surface area contributed by atoms with Crippen molar-refractivity contribution in [2.24, 2.45) is 5.92 Å². The van der Waals surface area contributed by atoms with E-state index in [1.54, 1.807) is 12.1 Å². The molecule has 2 rings (SSSR count). The predicted octanol–water partition coefficient (Wildman–Crippen LogP) is 2.83. The smallest absolute Gasteiger partial charge is 0.252 e. The molecule has 22 heavy (non-hydrogen) atoms. The van der Waals surface area contributed by atoms with Crippen molar-refractivity contribution in [2.45, 2.75) is 43.4 Å². The summed E-state index contributed by atoms with van der Waals surface area (Å²) in [5, 5.41) is 2.95. The minimum atomic E-state index is -3.50. The Kier molecular flexibility index (Phi) is 6.04. The highest BCUT2D eigenvalue weighted by Crippen LogP contribution is 2.30. The number of nitrogens with one attached hydrogen (secondary N) is 1. The highest BCUT2D eigenvalue weighted by molar-refractivity contribution is 9.11. The molecule has 0 bridgehead atoms. The van der Waals surface area contributed by atoms with Gasteiger partial charge in [0.05, 0.1) is 9.70 Å². The van der Waals surface area contributed by atoms with Crippen molar-refractivity contribution in [1.29, 1.82) is 0 Å². The summed E-state index contributed by atoms with van der Waals surface area (Å²) in [5.74, 6) is -0.303. The van der Waals surface area contributed by atoms with E-state index >= 15 is 0 Å². The molecular formula is C14H21BrN2O3S2. The van der Waals surface area contributed by atoms with Crippen LogP contribution >= 0.6 is 27.3 Å². The Bertz CT molecular complexity index is 630. The fourth-order valence-electron chi connectivity index (χ4n) is 2.40. The van der Waals surface area contributed by atoms with Crippen LogP contribution in [0, 0.1) is 5.92 Å². The number of halogens is 1. The molecule has 1 fully saturated rings. The number of carbonyl (C=O) groups excluding carboxylic acids is 1. The van der Waals surface area contributed by atoms with E-state index in [9.17, 15) is 13.2 Å². The van der Waals surface area contributed by atoms with Crippen LogP contribution in [0.2, 0.25) is 0 Å². The van der Waals surface area contributed by atoms with E-state index in [2.05, 4.69) is 21.2 Å². The van der Waals surface area contributed by atoms with E-state index in [0.717, 1.165) is 16.6 Å². The highest BCUT2D eigenvalue weighted by Gasteiger charge is 2.34. The highest BCUT2D eigenvalue weighted by atomic mass is 79.9. The van der Waals surface area contributed by atoms with Crippen LogP contribution in [0.5, 0.6) is 0 Å². The SMILES string of the molecule is CCC(C)NC(=O)C1CCCN(S(=O)(=O)c2ccc(Br)s2)C1. The lowest BCUT2D eigenvalue weighted by Crippen LogP contribution is -2.46. The Morgan fingerprint density at radius 3 is 2.86 bits per heavy atom. The second-order valence-corrected chi connectivity index (χ2v) is 10.2. The van der Waals surface area contributed by atoms with E-state index in [1.165, 1.54) is 15.6 Å². The first-order valence-corrected chi connectivity index (χ1v) is 10.5. The topological polar surface area (TPSA) is 66.5 Å². The number of rotatable bonds is 5. The van der Waals surface area contributed by atoms with Gasteiger partial charge in [-0.2, -0.15) is 4.31 Å². The maximum atomic E-state index is 12.6. The maximum absolute atomic E-state index is 12.6. The van der Waals surface area contributed by atoms with Crippen molar-refractivity contribution in [2.75, 3.05) is 13.1 Å². The van der Waals surface area contributed by atoms with E-state index in [1.807, 2.05) is 13.8 Å². The summed E-state index contributed by atoms with van der Waals surface area (Å²) in [6, 6.07) is 3.45. The summed E-state index contributed by atoms with van der Waals surface area (Å²) in [5.41, 5.74) is 0. The van der Waals surface area contributed by atoms with Gasteiger partial charge in [-0.3, -0.25) is 4.79 Å². The third-order valence-electron chi connectivity index (χ3n) is 3.90. The zero-order valence-corrected chi connectivity index (χ0v) is 15.9. The zero-order chi connectivity index (χ0) is 16.3. The fourth-order valence-corrected chi connectivity index (χ4v) is 6.09. The first kappa shape index (κ1) is 17.9. The Morgan fingerprint density at radius 1 is 1.55 bits per heavy atom. The molecule has 8 heteroatoms. The van der Waals surface area contributed by atoms with Crippen LogP contribution in [-0.4, -0.2) is 37.8 Å². The number of carbonyl (C=O) groups is 1. The molecule has 1 aromatic rings. The summed E-state index contributed by atoms with van der Waals surface area (Å²) in [6.07, 6.45) is 2.32. The third-order valence-corrected chi connectivity index (χ3v) is 7.85. The standard InChI is InChI=1S/C14H21BrN2O3S2/c1-3-10(2)16-14(18)11-5-4-8-17(9-11)22(19,20)13-7-6-12(15)21-13/h6-7,10-11H,3-5,8-9H2,1-2H3,(H,16,18). The lowest BCUT2D eigenvalue weighted by molar-refractivity contribution is -0.126. The second kappa shape index (κ2) is 7.42. The predicted molar refractivity (Wildman–Crippen MR) is 91.4 cm³/mol. The van der Waals surface area contributed by atoms with Crippen molar-refractivity contribution >= 4 is 43.2 Å². The van der Waals surface area contributed by atoms with Crippen LogP contribution in [0.25, 0.3) is 0 Å². The first-order chi connectivity index (χ1) is 10.3. The average Bonchev–Trinajstić information content (AvgIpc) is 2.94. The van der Waals surface area contributed by atoms with Crippen LogP contribution in [0.15, 0.2) is 20.1 Å². The number of thiophene rings is 1. The van der Waals surface area contributed by atoms with Gasteiger partial charge in [0.15, 0.2) is 0 Å². The van der Waals surface area contributed by atoms with E-state index in [-0.39, 0.29) is 24.4 Å². The Balaban J connectivity index is 2.08. The molecule has 1 aliphatic heterocycles. The van der Waals surface area contributed by atoms with Gasteiger partial charge in [-0.1, -0.05) is 6.92 Å². The fraction of sp³-hybridized carbons (Fsp3) is 0.643. The van der Waals surface area contributed by atoms with E-state index in [0.29, 0.717) is 17.2 Å². The number of hydrogen-bond donors (Lipinski definition) is 1. The molecule has 124 valence electrons. The molecule has 1 aliphatic rings. The van der Waals surface area contributed by atoms with Gasteiger partial charge in [0.2, 0.25) is 5.91 Å². The molecule has 0 saturated carbocycles. The van der Waals surface area contributed by atoms with Gasteiger partial charge in [-0.15, -0.1) is 11.3 Å². The molecule has 1 saturated heterocycles. The van der Waals surface area contributed by atoms with Crippen molar-refractivity contribution in [3.8, 4) is 0 Å². The van der Waals surface area contributed by atoms with Gasteiger partial charge in [0.25, 0.3) is 10.0 Å². The molecule has 0 spiro atoms. The van der Waals surface area contributed by atoms with Gasteiger partial charge in [0, 0.05) is 19.1 Å². The molecule has 0 radical (unpaired) electrons. The van der Waals surface area contributed by atoms with Crippen LogP contribution in [-0.2, 0) is 14.8 Å². The average molecular weight is 409 g/mol. The Labute approximate surface area is 144 Å². The number of piperidine rings is 1. The van der Waals surface area contributed by atoms with Gasteiger partial charge in [-0.05, 0) is 54.2 Å². The Hall–Kier alpha value is -0.440. The molecule has 1 N–H and O–H groups in total. The largest absolute Gasteiger partial charge is 0.353 e. The summed E-state index contributed by atoms with van der Waals surface area (Å²) in [4.78, 5) is 12.2. The zero-order valence-electron chi connectivity index (χ0n) is 12.7. The van der Waals surface area contributed by atoms with Crippen LogP contribution in [0.3, 0.4) is 0 Å². The summed E-state index contributed by atoms with van der Waals surface area (Å²) < 4.78 is 27.8. The number of amides is 1. The number of nitrogens with zero attached hydrogens (tertiary/aromatic N) is 1. The quantitative estimate of drug-likeness (QED) is 0.814. The minimum absolute atomic E-state index is 0.0402. The lowest BCUT2D eigenvalue weighted by Gasteiger charge is -2.31. The summed E-state index contributed by atoms with van der Waals surface area (Å²) >= 11 is 4.49. The summed E-state index contributed by atoms with van der Waals surface area (Å²) in [7, 11) is -3.50. The number of hydrogen-bond acceptors (Lipinski definition) is 4. The molecule has 2 unspecified atom stereocenters. The van der Waals surface area contributed by atoms with Crippen LogP contribution in [0.1, 0.15) is 33.1 Å². The van der Waals surface area contributed by atoms with Gasteiger partial charge in [0.1, 0.15) is 4.21 Å².